The summed E-state index contributed by atoms with van der Waals surface area (Å²) >= 11 is 0. The van der Waals surface area contributed by atoms with E-state index in [-0.39, 0.29) is 23.9 Å². The summed E-state index contributed by atoms with van der Waals surface area (Å²) in [5.41, 5.74) is 0.895. The summed E-state index contributed by atoms with van der Waals surface area (Å²) in [6.45, 7) is 2.01. The molecule has 0 radical (unpaired) electrons. The summed E-state index contributed by atoms with van der Waals surface area (Å²) in [6, 6.07) is 17.8. The van der Waals surface area contributed by atoms with Crippen molar-refractivity contribution in [1.82, 2.24) is 10.3 Å². The second-order valence-electron chi connectivity index (χ2n) is 8.64. The van der Waals surface area contributed by atoms with Gasteiger partial charge in [0.15, 0.2) is 0 Å². The Hall–Kier alpha value is -3.09. The van der Waals surface area contributed by atoms with Crippen LogP contribution < -0.4 is 10.6 Å². The maximum Gasteiger partial charge on any atom is 0.433 e. The second-order valence-corrected chi connectivity index (χ2v) is 8.64. The molecule has 33 heavy (non-hydrogen) atoms. The Labute approximate surface area is 191 Å². The van der Waals surface area contributed by atoms with Crippen molar-refractivity contribution < 1.29 is 18.0 Å². The van der Waals surface area contributed by atoms with Crippen molar-refractivity contribution in [2.75, 3.05) is 5.32 Å². The quantitative estimate of drug-likeness (QED) is 0.460. The zero-order valence-electron chi connectivity index (χ0n) is 18.5. The average Bonchev–Trinajstić information content (AvgIpc) is 2.81. The first kappa shape index (κ1) is 23.1. The number of pyridine rings is 1. The maximum absolute atomic E-state index is 13.3. The van der Waals surface area contributed by atoms with Gasteiger partial charge in [-0.2, -0.15) is 13.2 Å². The topological polar surface area (TPSA) is 54.0 Å². The van der Waals surface area contributed by atoms with Crippen molar-refractivity contribution >= 4 is 22.5 Å². The molecule has 3 aromatic rings. The van der Waals surface area contributed by atoms with Crippen LogP contribution in [0.15, 0.2) is 60.7 Å². The van der Waals surface area contributed by atoms with Gasteiger partial charge in [0.1, 0.15) is 5.69 Å². The minimum Gasteiger partial charge on any atom is -0.382 e. The van der Waals surface area contributed by atoms with E-state index in [2.05, 4.69) is 15.6 Å². The smallest absolute Gasteiger partial charge is 0.382 e. The molecule has 1 aliphatic carbocycles. The summed E-state index contributed by atoms with van der Waals surface area (Å²) < 4.78 is 40.0. The number of halogens is 3. The van der Waals surface area contributed by atoms with Crippen LogP contribution in [0.25, 0.3) is 10.9 Å². The second kappa shape index (κ2) is 9.81. The molecule has 1 amide bonds. The fourth-order valence-electron chi connectivity index (χ4n) is 4.60. The Morgan fingerprint density at radius 1 is 1.00 bits per heavy atom. The number of carbonyl (C=O) groups is 1. The van der Waals surface area contributed by atoms with E-state index in [1.54, 1.807) is 24.3 Å². The summed E-state index contributed by atoms with van der Waals surface area (Å²) in [5.74, 6) is -0.138. The van der Waals surface area contributed by atoms with Crippen molar-refractivity contribution in [2.45, 2.75) is 63.2 Å². The van der Waals surface area contributed by atoms with Crippen molar-refractivity contribution in [2.24, 2.45) is 0 Å². The first-order valence-electron chi connectivity index (χ1n) is 11.4. The molecule has 1 aliphatic rings. The van der Waals surface area contributed by atoms with E-state index in [4.69, 9.17) is 0 Å². The molecule has 2 aromatic carbocycles. The van der Waals surface area contributed by atoms with E-state index in [1.165, 1.54) is 0 Å². The van der Waals surface area contributed by atoms with Crippen LogP contribution >= 0.6 is 0 Å². The Kier molecular flexibility index (Phi) is 6.86. The highest BCUT2D eigenvalue weighted by Gasteiger charge is 2.34. The van der Waals surface area contributed by atoms with Crippen LogP contribution in [0.5, 0.6) is 0 Å². The number of nitrogens with zero attached hydrogens (tertiary/aromatic N) is 1. The lowest BCUT2D eigenvalue weighted by Gasteiger charge is -2.31. The predicted octanol–water partition coefficient (Wildman–Crippen LogP) is 6.29. The van der Waals surface area contributed by atoms with Gasteiger partial charge in [0.25, 0.3) is 0 Å². The summed E-state index contributed by atoms with van der Waals surface area (Å²) in [4.78, 5) is 16.6. The van der Waals surface area contributed by atoms with Crippen LogP contribution in [0, 0.1) is 0 Å². The molecule has 1 unspecified atom stereocenters. The SMILES string of the molecule is CCC(C(=O)NC1CCC(Nc2cc(C(F)(F)F)nc3ccccc23)CC1)c1ccccc1. The summed E-state index contributed by atoms with van der Waals surface area (Å²) in [5, 5.41) is 7.18. The Balaban J connectivity index is 1.40. The average molecular weight is 456 g/mol. The van der Waals surface area contributed by atoms with Gasteiger partial charge in [0.05, 0.1) is 11.4 Å². The minimum atomic E-state index is -4.50. The molecule has 1 fully saturated rings. The van der Waals surface area contributed by atoms with Gasteiger partial charge in [0, 0.05) is 23.2 Å². The van der Waals surface area contributed by atoms with Gasteiger partial charge in [-0.1, -0.05) is 55.5 Å². The van der Waals surface area contributed by atoms with Crippen LogP contribution in [-0.2, 0) is 11.0 Å². The first-order chi connectivity index (χ1) is 15.8. The highest BCUT2D eigenvalue weighted by Crippen LogP contribution is 2.34. The molecule has 1 atom stereocenters. The fourth-order valence-corrected chi connectivity index (χ4v) is 4.60. The largest absolute Gasteiger partial charge is 0.433 e. The number of rotatable bonds is 6. The molecular weight excluding hydrogens is 427 g/mol. The number of aromatic nitrogens is 1. The van der Waals surface area contributed by atoms with Gasteiger partial charge in [0.2, 0.25) is 5.91 Å². The first-order valence-corrected chi connectivity index (χ1v) is 11.4. The molecule has 7 heteroatoms. The summed E-state index contributed by atoms with van der Waals surface area (Å²) in [7, 11) is 0. The Morgan fingerprint density at radius 2 is 1.64 bits per heavy atom. The lowest BCUT2D eigenvalue weighted by molar-refractivity contribution is -0.140. The third kappa shape index (κ3) is 5.46. The minimum absolute atomic E-state index is 0.0371. The van der Waals surface area contributed by atoms with Crippen LogP contribution in [-0.4, -0.2) is 23.0 Å². The van der Waals surface area contributed by atoms with E-state index < -0.39 is 11.9 Å². The molecule has 0 saturated heterocycles. The van der Waals surface area contributed by atoms with Crippen LogP contribution in [0.3, 0.4) is 0 Å². The number of hydrogen-bond acceptors (Lipinski definition) is 3. The van der Waals surface area contributed by atoms with Gasteiger partial charge < -0.3 is 10.6 Å². The molecule has 1 saturated carbocycles. The molecule has 2 N–H and O–H groups in total. The molecule has 174 valence electrons. The zero-order chi connectivity index (χ0) is 23.4. The van der Waals surface area contributed by atoms with Crippen LogP contribution in [0.4, 0.5) is 18.9 Å². The van der Waals surface area contributed by atoms with Gasteiger partial charge >= 0.3 is 6.18 Å². The lowest BCUT2D eigenvalue weighted by Crippen LogP contribution is -2.42. The van der Waals surface area contributed by atoms with Crippen LogP contribution in [0.1, 0.15) is 56.2 Å². The Morgan fingerprint density at radius 3 is 2.30 bits per heavy atom. The molecular formula is C26H28F3N3O. The number of alkyl halides is 3. The van der Waals surface area contributed by atoms with Crippen molar-refractivity contribution in [3.05, 3.63) is 71.9 Å². The van der Waals surface area contributed by atoms with Gasteiger partial charge in [-0.3, -0.25) is 4.79 Å². The number of fused-ring (bicyclic) bond motifs is 1. The standard InChI is InChI=1S/C26H28F3N3O/c1-2-20(17-8-4-3-5-9-17)25(33)31-19-14-12-18(13-15-19)30-23-16-24(26(27,28)29)32-22-11-7-6-10-21(22)23/h3-11,16,18-20H,2,12-15H2,1H3,(H,30,32)(H,31,33). The molecule has 1 heterocycles. The predicted molar refractivity (Wildman–Crippen MR) is 124 cm³/mol. The number of nitrogens with one attached hydrogen (secondary N) is 2. The van der Waals surface area contributed by atoms with E-state index >= 15 is 0 Å². The van der Waals surface area contributed by atoms with Crippen LogP contribution in [0.2, 0.25) is 0 Å². The molecule has 1 aromatic heterocycles. The van der Waals surface area contributed by atoms with E-state index in [9.17, 15) is 18.0 Å². The van der Waals surface area contributed by atoms with Crippen molar-refractivity contribution in [3.8, 4) is 0 Å². The number of hydrogen-bond donors (Lipinski definition) is 2. The van der Waals surface area contributed by atoms with E-state index in [0.717, 1.165) is 43.7 Å². The lowest BCUT2D eigenvalue weighted by atomic mass is 9.89. The van der Waals surface area contributed by atoms with E-state index in [0.29, 0.717) is 16.6 Å². The van der Waals surface area contributed by atoms with Gasteiger partial charge in [-0.25, -0.2) is 4.98 Å². The van der Waals surface area contributed by atoms with Gasteiger partial charge in [-0.05, 0) is 49.8 Å². The molecule has 4 nitrogen and oxygen atoms in total. The fraction of sp³-hybridized carbons (Fsp3) is 0.385. The highest BCUT2D eigenvalue weighted by atomic mass is 19.4. The third-order valence-corrected chi connectivity index (χ3v) is 6.37. The maximum atomic E-state index is 13.3. The summed E-state index contributed by atoms with van der Waals surface area (Å²) in [6.07, 6.45) is -0.677. The van der Waals surface area contributed by atoms with Crippen molar-refractivity contribution in [3.63, 3.8) is 0 Å². The third-order valence-electron chi connectivity index (χ3n) is 6.37. The number of anilines is 1. The number of benzene rings is 2. The van der Waals surface area contributed by atoms with E-state index in [1.807, 2.05) is 37.3 Å². The molecule has 0 bridgehead atoms. The van der Waals surface area contributed by atoms with Crippen molar-refractivity contribution in [1.29, 1.82) is 0 Å². The molecule has 0 spiro atoms. The Bertz CT molecular complexity index is 1090. The van der Waals surface area contributed by atoms with Gasteiger partial charge in [-0.15, -0.1) is 0 Å². The zero-order valence-corrected chi connectivity index (χ0v) is 18.5. The number of carbonyl (C=O) groups excluding carboxylic acids is 1. The normalized spacial score (nSPS) is 19.8. The monoisotopic (exact) mass is 455 g/mol. The molecule has 4 rings (SSSR count). The molecule has 0 aliphatic heterocycles. The highest BCUT2D eigenvalue weighted by molar-refractivity contribution is 5.91. The number of amides is 1. The number of para-hydroxylation sites is 1.